The second-order valence-electron chi connectivity index (χ2n) is 6.32. The maximum absolute atomic E-state index is 6.08. The van der Waals surface area contributed by atoms with Crippen LogP contribution in [0.2, 0.25) is 5.02 Å². The third kappa shape index (κ3) is 3.33. The Labute approximate surface area is 151 Å². The van der Waals surface area contributed by atoms with Crippen molar-refractivity contribution in [2.45, 2.75) is 37.8 Å². The Kier molecular flexibility index (Phi) is 4.55. The zero-order valence-corrected chi connectivity index (χ0v) is 15.2. The van der Waals surface area contributed by atoms with E-state index in [-0.39, 0.29) is 6.04 Å². The molecule has 1 saturated heterocycles. The van der Waals surface area contributed by atoms with Crippen molar-refractivity contribution >= 4 is 28.5 Å². The van der Waals surface area contributed by atoms with Crippen molar-refractivity contribution in [3.63, 3.8) is 0 Å². The Hall–Kier alpha value is -1.46. The van der Waals surface area contributed by atoms with Crippen molar-refractivity contribution in [2.75, 3.05) is 12.8 Å². The van der Waals surface area contributed by atoms with Gasteiger partial charge in [-0.15, -0.1) is 0 Å². The topological polar surface area (TPSA) is 41.6 Å². The summed E-state index contributed by atoms with van der Waals surface area (Å²) < 4.78 is 5.59. The molecule has 4 nitrogen and oxygen atoms in total. The van der Waals surface area contributed by atoms with Gasteiger partial charge < -0.3 is 9.42 Å². The van der Waals surface area contributed by atoms with Gasteiger partial charge in [-0.05, 0) is 44.1 Å². The van der Waals surface area contributed by atoms with Crippen LogP contribution < -0.4 is 0 Å². The molecular weight excluding hydrogens is 342 g/mol. The molecule has 24 heavy (non-hydrogen) atoms. The first-order chi connectivity index (χ1) is 11.7. The fourth-order valence-corrected chi connectivity index (χ4v) is 4.03. The van der Waals surface area contributed by atoms with Gasteiger partial charge in [0.05, 0.1) is 12.1 Å². The lowest BCUT2D eigenvalue weighted by atomic mass is 10.1. The Morgan fingerprint density at radius 2 is 2.21 bits per heavy atom. The molecule has 1 unspecified atom stereocenters. The molecule has 1 aliphatic heterocycles. The molecule has 0 bridgehead atoms. The van der Waals surface area contributed by atoms with Gasteiger partial charge in [0, 0.05) is 23.2 Å². The highest BCUT2D eigenvalue weighted by atomic mass is 35.5. The minimum atomic E-state index is 0.256. The van der Waals surface area contributed by atoms with Crippen molar-refractivity contribution in [1.29, 1.82) is 0 Å². The molecule has 1 atom stereocenters. The minimum Gasteiger partial charge on any atom is -0.356 e. The van der Waals surface area contributed by atoms with Crippen LogP contribution >= 0.6 is 23.4 Å². The van der Waals surface area contributed by atoms with E-state index in [4.69, 9.17) is 21.1 Å². The van der Waals surface area contributed by atoms with E-state index in [0.717, 1.165) is 41.6 Å². The number of thioether (sulfide) groups is 1. The average Bonchev–Trinajstić information content (AvgIpc) is 3.09. The molecule has 0 spiro atoms. The maximum Gasteiger partial charge on any atom is 0.167 e. The zero-order valence-electron chi connectivity index (χ0n) is 13.6. The summed E-state index contributed by atoms with van der Waals surface area (Å²) in [6.45, 7) is 1.04. The van der Waals surface area contributed by atoms with E-state index in [2.05, 4.69) is 16.3 Å². The number of aromatic nitrogens is 1. The van der Waals surface area contributed by atoms with Gasteiger partial charge in [0.15, 0.2) is 10.9 Å². The minimum absolute atomic E-state index is 0.256. The normalized spacial score (nSPS) is 21.5. The first-order valence-electron chi connectivity index (χ1n) is 8.35. The van der Waals surface area contributed by atoms with Crippen LogP contribution in [0.15, 0.2) is 39.8 Å². The molecule has 2 fully saturated rings. The fourth-order valence-electron chi connectivity index (χ4n) is 3.13. The van der Waals surface area contributed by atoms with Gasteiger partial charge >= 0.3 is 0 Å². The van der Waals surface area contributed by atoms with Crippen LogP contribution in [-0.2, 0) is 0 Å². The van der Waals surface area contributed by atoms with Crippen molar-refractivity contribution in [3.05, 3.63) is 41.0 Å². The molecule has 1 aliphatic carbocycles. The zero-order chi connectivity index (χ0) is 16.5. The first-order valence-corrected chi connectivity index (χ1v) is 9.96. The molecule has 2 heterocycles. The lowest BCUT2D eigenvalue weighted by Crippen LogP contribution is -2.28. The SMILES string of the molecule is CS/C(=N\C1CC1)N1CCCC1c1cc(-c2cccc(Cl)c2)on1. The number of nitrogens with zero attached hydrogens (tertiary/aromatic N) is 3. The number of benzene rings is 1. The van der Waals surface area contributed by atoms with E-state index in [1.807, 2.05) is 30.3 Å². The second kappa shape index (κ2) is 6.81. The number of hydrogen-bond donors (Lipinski definition) is 0. The number of amidine groups is 1. The molecule has 0 amide bonds. The fraction of sp³-hybridized carbons (Fsp3) is 0.444. The molecule has 1 aromatic carbocycles. The molecule has 4 rings (SSSR count). The van der Waals surface area contributed by atoms with Crippen LogP contribution in [0, 0.1) is 0 Å². The van der Waals surface area contributed by atoms with Crippen molar-refractivity contribution in [2.24, 2.45) is 4.99 Å². The Morgan fingerprint density at radius 3 is 2.96 bits per heavy atom. The standard InChI is InChI=1S/C18H20ClN3OS/c1-24-18(20-14-7-8-14)22-9-3-6-16(22)15-11-17(23-21-15)12-4-2-5-13(19)10-12/h2,4-5,10-11,14,16H,3,6-9H2,1H3/b20-18-. The lowest BCUT2D eigenvalue weighted by molar-refractivity contribution is 0.361. The predicted octanol–water partition coefficient (Wildman–Crippen LogP) is 5.01. The van der Waals surface area contributed by atoms with Gasteiger partial charge in [-0.1, -0.05) is 40.7 Å². The van der Waals surface area contributed by atoms with Crippen LogP contribution in [0.25, 0.3) is 11.3 Å². The van der Waals surface area contributed by atoms with Gasteiger partial charge in [-0.3, -0.25) is 4.99 Å². The number of rotatable bonds is 3. The molecule has 2 aliphatic rings. The lowest BCUT2D eigenvalue weighted by Gasteiger charge is -2.25. The molecule has 6 heteroatoms. The highest BCUT2D eigenvalue weighted by Crippen LogP contribution is 2.36. The van der Waals surface area contributed by atoms with E-state index >= 15 is 0 Å². The van der Waals surface area contributed by atoms with E-state index < -0.39 is 0 Å². The summed E-state index contributed by atoms with van der Waals surface area (Å²) >= 11 is 7.82. The summed E-state index contributed by atoms with van der Waals surface area (Å²) in [5.41, 5.74) is 1.95. The monoisotopic (exact) mass is 361 g/mol. The van der Waals surface area contributed by atoms with Gasteiger partial charge in [0.2, 0.25) is 0 Å². The van der Waals surface area contributed by atoms with Gasteiger partial charge in [-0.25, -0.2) is 0 Å². The third-order valence-corrected chi connectivity index (χ3v) is 5.44. The van der Waals surface area contributed by atoms with Crippen LogP contribution in [0.5, 0.6) is 0 Å². The molecule has 0 N–H and O–H groups in total. The smallest absolute Gasteiger partial charge is 0.167 e. The van der Waals surface area contributed by atoms with E-state index in [9.17, 15) is 0 Å². The average molecular weight is 362 g/mol. The summed E-state index contributed by atoms with van der Waals surface area (Å²) in [5, 5.41) is 6.19. The van der Waals surface area contributed by atoms with Crippen molar-refractivity contribution < 1.29 is 4.52 Å². The van der Waals surface area contributed by atoms with E-state index in [1.54, 1.807) is 11.8 Å². The quantitative estimate of drug-likeness (QED) is 0.569. The molecule has 0 radical (unpaired) electrons. The van der Waals surface area contributed by atoms with Gasteiger partial charge in [-0.2, -0.15) is 0 Å². The summed E-state index contributed by atoms with van der Waals surface area (Å²) in [6.07, 6.45) is 6.81. The third-order valence-electron chi connectivity index (χ3n) is 4.50. The van der Waals surface area contributed by atoms with Gasteiger partial charge in [0.1, 0.15) is 5.69 Å². The predicted molar refractivity (Wildman–Crippen MR) is 99.6 cm³/mol. The van der Waals surface area contributed by atoms with Crippen LogP contribution in [0.4, 0.5) is 0 Å². The number of hydrogen-bond acceptors (Lipinski definition) is 4. The summed E-state index contributed by atoms with van der Waals surface area (Å²) in [6, 6.07) is 10.5. The van der Waals surface area contributed by atoms with E-state index in [1.165, 1.54) is 12.8 Å². The summed E-state index contributed by atoms with van der Waals surface area (Å²) in [7, 11) is 0. The van der Waals surface area contributed by atoms with Crippen LogP contribution in [-0.4, -0.2) is 34.1 Å². The number of aliphatic imine (C=N–C) groups is 1. The molecule has 1 saturated carbocycles. The second-order valence-corrected chi connectivity index (χ2v) is 7.53. The summed E-state index contributed by atoms with van der Waals surface area (Å²) in [5.74, 6) is 0.768. The number of halogens is 1. The highest BCUT2D eigenvalue weighted by molar-refractivity contribution is 8.13. The highest BCUT2D eigenvalue weighted by Gasteiger charge is 2.32. The first kappa shape index (κ1) is 16.0. The van der Waals surface area contributed by atoms with Crippen molar-refractivity contribution in [1.82, 2.24) is 10.1 Å². The molecule has 1 aromatic heterocycles. The van der Waals surface area contributed by atoms with Crippen molar-refractivity contribution in [3.8, 4) is 11.3 Å². The van der Waals surface area contributed by atoms with Gasteiger partial charge in [0.25, 0.3) is 0 Å². The Balaban J connectivity index is 1.59. The van der Waals surface area contributed by atoms with E-state index in [0.29, 0.717) is 11.1 Å². The number of likely N-dealkylation sites (tertiary alicyclic amines) is 1. The van der Waals surface area contributed by atoms with Crippen LogP contribution in [0.3, 0.4) is 0 Å². The Morgan fingerprint density at radius 1 is 1.33 bits per heavy atom. The Bertz CT molecular complexity index is 756. The molecular formula is C18H20ClN3OS. The summed E-state index contributed by atoms with van der Waals surface area (Å²) in [4.78, 5) is 7.26. The maximum atomic E-state index is 6.08. The molecule has 2 aromatic rings. The largest absolute Gasteiger partial charge is 0.356 e. The molecule has 126 valence electrons. The van der Waals surface area contributed by atoms with Crippen LogP contribution in [0.1, 0.15) is 37.4 Å².